The largest absolute Gasteiger partial charge is 0.311 e. The van der Waals surface area contributed by atoms with Gasteiger partial charge < -0.3 is 5.32 Å². The molecular weight excluding hydrogens is 248 g/mol. The third kappa shape index (κ3) is 2.91. The smallest absolute Gasteiger partial charge is 0.0524 e. The fourth-order valence-electron chi connectivity index (χ4n) is 3.94. The van der Waals surface area contributed by atoms with Crippen molar-refractivity contribution in [3.63, 3.8) is 0 Å². The second-order valence-electron chi connectivity index (χ2n) is 6.37. The highest BCUT2D eigenvalue weighted by molar-refractivity contribution is 5.02. The summed E-state index contributed by atoms with van der Waals surface area (Å²) in [5.74, 6) is 0. The molecule has 2 atom stereocenters. The summed E-state index contributed by atoms with van der Waals surface area (Å²) >= 11 is 0. The van der Waals surface area contributed by atoms with Crippen molar-refractivity contribution < 1.29 is 0 Å². The molecule has 0 saturated carbocycles. The summed E-state index contributed by atoms with van der Waals surface area (Å²) in [6, 6.07) is 4.49. The zero-order valence-electron chi connectivity index (χ0n) is 12.9. The summed E-state index contributed by atoms with van der Waals surface area (Å²) in [6.07, 6.45) is 8.51. The van der Waals surface area contributed by atoms with Crippen LogP contribution in [0.5, 0.6) is 0 Å². The molecule has 2 unspecified atom stereocenters. The Hall–Kier alpha value is -0.870. The molecule has 0 aromatic carbocycles. The van der Waals surface area contributed by atoms with Crippen molar-refractivity contribution in [1.82, 2.24) is 20.0 Å². The van der Waals surface area contributed by atoms with E-state index < -0.39 is 0 Å². The molecule has 2 aliphatic rings. The van der Waals surface area contributed by atoms with Gasteiger partial charge in [-0.15, -0.1) is 0 Å². The topological polar surface area (TPSA) is 33.1 Å². The lowest BCUT2D eigenvalue weighted by molar-refractivity contribution is 0.137. The van der Waals surface area contributed by atoms with Crippen LogP contribution in [0.1, 0.15) is 51.6 Å². The van der Waals surface area contributed by atoms with Gasteiger partial charge in [0.15, 0.2) is 0 Å². The van der Waals surface area contributed by atoms with Crippen LogP contribution >= 0.6 is 0 Å². The summed E-state index contributed by atoms with van der Waals surface area (Å²) in [6.45, 7) is 7.75. The van der Waals surface area contributed by atoms with Gasteiger partial charge in [0.1, 0.15) is 0 Å². The van der Waals surface area contributed by atoms with Gasteiger partial charge in [0.05, 0.1) is 5.69 Å². The van der Waals surface area contributed by atoms with Gasteiger partial charge in [-0.1, -0.05) is 13.8 Å². The molecule has 3 rings (SSSR count). The van der Waals surface area contributed by atoms with E-state index in [1.807, 2.05) is 6.20 Å². The first-order valence-electron chi connectivity index (χ1n) is 8.31. The third-order valence-electron chi connectivity index (χ3n) is 4.98. The van der Waals surface area contributed by atoms with Gasteiger partial charge in [0.2, 0.25) is 0 Å². The maximum absolute atomic E-state index is 4.46. The van der Waals surface area contributed by atoms with Crippen LogP contribution in [-0.2, 0) is 13.1 Å². The highest BCUT2D eigenvalue weighted by Crippen LogP contribution is 2.30. The Kier molecular flexibility index (Phi) is 4.41. The van der Waals surface area contributed by atoms with Crippen LogP contribution in [0.2, 0.25) is 0 Å². The normalized spacial score (nSPS) is 29.2. The SMILES string of the molecule is CCCn1nccc1CN(CC)C1CC2CCC(C1)N2. The molecule has 0 spiro atoms. The molecule has 0 amide bonds. The Bertz CT molecular complexity index is 416. The number of aromatic nitrogens is 2. The van der Waals surface area contributed by atoms with Gasteiger partial charge >= 0.3 is 0 Å². The molecule has 2 fully saturated rings. The molecule has 112 valence electrons. The van der Waals surface area contributed by atoms with Gasteiger partial charge in [-0.25, -0.2) is 0 Å². The van der Waals surface area contributed by atoms with Crippen molar-refractivity contribution in [1.29, 1.82) is 0 Å². The van der Waals surface area contributed by atoms with Gasteiger partial charge in [0.25, 0.3) is 0 Å². The van der Waals surface area contributed by atoms with Crippen LogP contribution in [0.15, 0.2) is 12.3 Å². The Morgan fingerprint density at radius 1 is 1.30 bits per heavy atom. The summed E-state index contributed by atoms with van der Waals surface area (Å²) in [5, 5.41) is 8.20. The Labute approximate surface area is 122 Å². The summed E-state index contributed by atoms with van der Waals surface area (Å²) < 4.78 is 2.18. The van der Waals surface area contributed by atoms with Gasteiger partial charge in [-0.3, -0.25) is 9.58 Å². The van der Waals surface area contributed by atoms with E-state index in [1.165, 1.54) is 31.4 Å². The van der Waals surface area contributed by atoms with E-state index in [9.17, 15) is 0 Å². The Morgan fingerprint density at radius 2 is 2.05 bits per heavy atom. The van der Waals surface area contributed by atoms with Crippen molar-refractivity contribution in [2.45, 2.75) is 77.2 Å². The van der Waals surface area contributed by atoms with Crippen LogP contribution < -0.4 is 5.32 Å². The third-order valence-corrected chi connectivity index (χ3v) is 4.98. The van der Waals surface area contributed by atoms with Crippen LogP contribution in [0.4, 0.5) is 0 Å². The molecule has 2 aliphatic heterocycles. The summed E-state index contributed by atoms with van der Waals surface area (Å²) in [7, 11) is 0. The number of nitrogens with one attached hydrogen (secondary N) is 1. The molecule has 4 heteroatoms. The minimum Gasteiger partial charge on any atom is -0.311 e. The molecular formula is C16H28N4. The van der Waals surface area contributed by atoms with E-state index in [1.54, 1.807) is 0 Å². The van der Waals surface area contributed by atoms with E-state index in [4.69, 9.17) is 0 Å². The monoisotopic (exact) mass is 276 g/mol. The Balaban J connectivity index is 1.66. The van der Waals surface area contributed by atoms with Crippen LogP contribution in [-0.4, -0.2) is 39.4 Å². The van der Waals surface area contributed by atoms with Crippen LogP contribution in [0, 0.1) is 0 Å². The van der Waals surface area contributed by atoms with Crippen molar-refractivity contribution >= 4 is 0 Å². The number of piperidine rings is 1. The molecule has 1 aromatic rings. The predicted molar refractivity (Wildman–Crippen MR) is 81.6 cm³/mol. The number of rotatable bonds is 6. The highest BCUT2D eigenvalue weighted by atomic mass is 15.3. The predicted octanol–water partition coefficient (Wildman–Crippen LogP) is 2.40. The van der Waals surface area contributed by atoms with Crippen molar-refractivity contribution in [2.75, 3.05) is 6.54 Å². The van der Waals surface area contributed by atoms with E-state index in [0.29, 0.717) is 0 Å². The minimum atomic E-state index is 0.753. The van der Waals surface area contributed by atoms with E-state index in [2.05, 4.69) is 39.9 Å². The first kappa shape index (κ1) is 14.1. The summed E-state index contributed by atoms with van der Waals surface area (Å²) in [4.78, 5) is 2.66. The van der Waals surface area contributed by atoms with Crippen LogP contribution in [0.25, 0.3) is 0 Å². The van der Waals surface area contributed by atoms with E-state index in [0.717, 1.165) is 44.2 Å². The second kappa shape index (κ2) is 6.27. The first-order valence-corrected chi connectivity index (χ1v) is 8.31. The number of hydrogen-bond donors (Lipinski definition) is 1. The average molecular weight is 276 g/mol. The summed E-state index contributed by atoms with van der Waals surface area (Å²) in [5.41, 5.74) is 1.37. The maximum atomic E-state index is 4.46. The minimum absolute atomic E-state index is 0.753. The first-order chi connectivity index (χ1) is 9.80. The van der Waals surface area contributed by atoms with Crippen molar-refractivity contribution in [2.24, 2.45) is 0 Å². The van der Waals surface area contributed by atoms with Crippen LogP contribution in [0.3, 0.4) is 0 Å². The number of aryl methyl sites for hydroxylation is 1. The number of hydrogen-bond acceptors (Lipinski definition) is 3. The fraction of sp³-hybridized carbons (Fsp3) is 0.812. The van der Waals surface area contributed by atoms with Gasteiger partial charge in [-0.05, 0) is 44.7 Å². The molecule has 20 heavy (non-hydrogen) atoms. The molecule has 3 heterocycles. The van der Waals surface area contributed by atoms with Crippen molar-refractivity contribution in [3.8, 4) is 0 Å². The molecule has 0 aliphatic carbocycles. The molecule has 2 saturated heterocycles. The molecule has 2 bridgehead atoms. The second-order valence-corrected chi connectivity index (χ2v) is 6.37. The lowest BCUT2D eigenvalue weighted by atomic mass is 9.98. The number of nitrogens with zero attached hydrogens (tertiary/aromatic N) is 3. The molecule has 0 radical (unpaired) electrons. The quantitative estimate of drug-likeness (QED) is 0.866. The highest BCUT2D eigenvalue weighted by Gasteiger charge is 2.35. The van der Waals surface area contributed by atoms with Gasteiger partial charge in [0, 0.05) is 37.4 Å². The molecule has 1 N–H and O–H groups in total. The Morgan fingerprint density at radius 3 is 2.70 bits per heavy atom. The average Bonchev–Trinajstić information content (AvgIpc) is 3.03. The lowest BCUT2D eigenvalue weighted by Gasteiger charge is -2.37. The fourth-order valence-corrected chi connectivity index (χ4v) is 3.94. The standard InChI is InChI=1S/C16H28N4/c1-3-9-20-15(7-8-17-20)12-19(4-2)16-10-13-5-6-14(11-16)18-13/h7-8,13-14,16,18H,3-6,9-12H2,1-2H3. The zero-order chi connectivity index (χ0) is 13.9. The van der Waals surface area contributed by atoms with E-state index >= 15 is 0 Å². The van der Waals surface area contributed by atoms with Crippen molar-refractivity contribution in [3.05, 3.63) is 18.0 Å². The molecule has 4 nitrogen and oxygen atoms in total. The zero-order valence-corrected chi connectivity index (χ0v) is 12.9. The lowest BCUT2D eigenvalue weighted by Crippen LogP contribution is -2.48. The number of fused-ring (bicyclic) bond motifs is 2. The van der Waals surface area contributed by atoms with Gasteiger partial charge in [-0.2, -0.15) is 5.10 Å². The maximum Gasteiger partial charge on any atom is 0.0524 e. The van der Waals surface area contributed by atoms with E-state index in [-0.39, 0.29) is 0 Å². The molecule has 1 aromatic heterocycles.